The monoisotopic (exact) mass is 1400 g/mol. The van der Waals surface area contributed by atoms with E-state index in [1.165, 1.54) is 83.5 Å². The number of phosphoric acid groups is 2. The van der Waals surface area contributed by atoms with E-state index in [9.17, 15) is 43.5 Å². The van der Waals surface area contributed by atoms with Crippen LogP contribution in [0.2, 0.25) is 0 Å². The lowest BCUT2D eigenvalue weighted by molar-refractivity contribution is -0.161. The second-order valence-corrected chi connectivity index (χ2v) is 28.0. The summed E-state index contributed by atoms with van der Waals surface area (Å²) in [6.07, 6.45) is 84.0. The van der Waals surface area contributed by atoms with E-state index in [-0.39, 0.29) is 19.3 Å². The Bertz CT molecular complexity index is 2250. The zero-order valence-corrected chi connectivity index (χ0v) is 62.5. The third-order valence-electron chi connectivity index (χ3n) is 15.6. The number of ether oxygens (including phenoxy) is 3. The molecule has 0 fully saturated rings. The lowest BCUT2D eigenvalue weighted by Gasteiger charge is -2.21. The zero-order chi connectivity index (χ0) is 70.9. The van der Waals surface area contributed by atoms with E-state index < -0.39 is 91.5 Å². The molecule has 0 heterocycles. The first kappa shape index (κ1) is 93.0. The minimum Gasteiger partial charge on any atom is -0.463 e. The SMILES string of the molecule is CC/C=C\C/C=C\C/C=C\C/C=C\C/C=C\CCCCCCCCCCCCCC(=O)OCC(O)COP(=O)(O)OCC(O)COP(=O)(O)OCC(COC(=O)CCCCCCCCC/C=C\C/C=C\C/C=C\C/C=C\CCCCC)OC(=O)CCCCCCC/C=C\CCCC. The van der Waals surface area contributed by atoms with Gasteiger partial charge in [-0.3, -0.25) is 32.5 Å². The molecule has 0 aliphatic heterocycles. The molecule has 0 spiro atoms. The summed E-state index contributed by atoms with van der Waals surface area (Å²) in [6.45, 7) is 2.47. The number of aliphatic hydroxyl groups excluding tert-OH is 2. The van der Waals surface area contributed by atoms with E-state index in [4.69, 9.17) is 32.3 Å². The number of hydrogen-bond donors (Lipinski definition) is 4. The van der Waals surface area contributed by atoms with Gasteiger partial charge in [-0.25, -0.2) is 9.13 Å². The molecule has 0 bridgehead atoms. The van der Waals surface area contributed by atoms with E-state index in [0.29, 0.717) is 19.3 Å². The number of esters is 3. The highest BCUT2D eigenvalue weighted by Gasteiger charge is 2.29. The van der Waals surface area contributed by atoms with Gasteiger partial charge in [0.05, 0.1) is 26.4 Å². The van der Waals surface area contributed by atoms with Gasteiger partial charge in [0.25, 0.3) is 0 Å². The fourth-order valence-electron chi connectivity index (χ4n) is 9.86. The molecule has 0 aromatic carbocycles. The molecule has 5 atom stereocenters. The maximum atomic E-state index is 12.9. The Morgan fingerprint density at radius 1 is 0.299 bits per heavy atom. The molecule has 5 unspecified atom stereocenters. The van der Waals surface area contributed by atoms with Crippen LogP contribution in [0.5, 0.6) is 0 Å². The molecule has 0 radical (unpaired) electrons. The van der Waals surface area contributed by atoms with Gasteiger partial charge in [-0.2, -0.15) is 0 Å². The fourth-order valence-corrected chi connectivity index (χ4v) is 11.4. The molecule has 16 nitrogen and oxygen atoms in total. The van der Waals surface area contributed by atoms with Crippen molar-refractivity contribution in [2.75, 3.05) is 39.6 Å². The minimum absolute atomic E-state index is 0.0899. The molecule has 0 aliphatic carbocycles. The van der Waals surface area contributed by atoms with Gasteiger partial charge in [-0.15, -0.1) is 0 Å². The Balaban J connectivity index is 4.49. The first-order chi connectivity index (χ1) is 47.2. The number of phosphoric ester groups is 2. The molecule has 97 heavy (non-hydrogen) atoms. The quantitative estimate of drug-likeness (QED) is 0.0146. The van der Waals surface area contributed by atoms with Crippen molar-refractivity contribution >= 4 is 33.6 Å². The van der Waals surface area contributed by atoms with Crippen LogP contribution in [0.1, 0.15) is 303 Å². The van der Waals surface area contributed by atoms with E-state index in [1.807, 2.05) is 0 Å². The van der Waals surface area contributed by atoms with Gasteiger partial charge in [-0.05, 0) is 128 Å². The molecule has 0 saturated carbocycles. The summed E-state index contributed by atoms with van der Waals surface area (Å²) in [5.74, 6) is -1.60. The predicted octanol–water partition coefficient (Wildman–Crippen LogP) is 21.8. The van der Waals surface area contributed by atoms with E-state index >= 15 is 0 Å². The van der Waals surface area contributed by atoms with Gasteiger partial charge in [0, 0.05) is 19.3 Å². The smallest absolute Gasteiger partial charge is 0.463 e. The lowest BCUT2D eigenvalue weighted by atomic mass is 10.0. The Labute approximate surface area is 589 Å². The van der Waals surface area contributed by atoms with E-state index in [2.05, 4.69) is 142 Å². The van der Waals surface area contributed by atoms with Gasteiger partial charge in [0.2, 0.25) is 0 Å². The Kier molecular flexibility index (Phi) is 68.8. The molecule has 0 saturated heterocycles. The van der Waals surface area contributed by atoms with Gasteiger partial charge in [-0.1, -0.05) is 277 Å². The molecule has 0 aliphatic rings. The summed E-state index contributed by atoms with van der Waals surface area (Å²) >= 11 is 0. The largest absolute Gasteiger partial charge is 0.472 e. The number of allylic oxidation sites excluding steroid dienone is 20. The fraction of sp³-hybridized carbons (Fsp3) is 0.709. The number of hydrogen-bond acceptors (Lipinski definition) is 14. The molecule has 0 aromatic rings. The van der Waals surface area contributed by atoms with Gasteiger partial charge in [0.1, 0.15) is 25.4 Å². The average Bonchev–Trinajstić information content (AvgIpc) is 1.56. The molecule has 0 aromatic heterocycles. The van der Waals surface area contributed by atoms with E-state index in [0.717, 1.165) is 161 Å². The van der Waals surface area contributed by atoms with Crippen LogP contribution in [-0.2, 0) is 55.8 Å². The van der Waals surface area contributed by atoms with Crippen LogP contribution in [0.3, 0.4) is 0 Å². The summed E-state index contributed by atoms with van der Waals surface area (Å²) in [5, 5.41) is 20.6. The number of carbonyl (C=O) groups is 3. The Morgan fingerprint density at radius 2 is 0.557 bits per heavy atom. The van der Waals surface area contributed by atoms with Crippen molar-refractivity contribution in [1.82, 2.24) is 0 Å². The number of unbranched alkanes of at least 4 members (excludes halogenated alkanes) is 28. The van der Waals surface area contributed by atoms with Crippen molar-refractivity contribution in [3.05, 3.63) is 122 Å². The zero-order valence-electron chi connectivity index (χ0n) is 60.7. The summed E-state index contributed by atoms with van der Waals surface area (Å²) in [6, 6.07) is 0. The Morgan fingerprint density at radius 3 is 0.907 bits per heavy atom. The topological polar surface area (TPSA) is 231 Å². The first-order valence-electron chi connectivity index (χ1n) is 37.8. The Hall–Kier alpha value is -4.05. The summed E-state index contributed by atoms with van der Waals surface area (Å²) in [7, 11) is -9.79. The van der Waals surface area contributed by atoms with Crippen LogP contribution in [0, 0.1) is 0 Å². The van der Waals surface area contributed by atoms with Crippen LogP contribution >= 0.6 is 15.6 Å². The van der Waals surface area contributed by atoms with Gasteiger partial charge >= 0.3 is 33.6 Å². The van der Waals surface area contributed by atoms with Crippen LogP contribution < -0.4 is 0 Å². The van der Waals surface area contributed by atoms with Crippen molar-refractivity contribution in [3.63, 3.8) is 0 Å². The second-order valence-electron chi connectivity index (χ2n) is 25.1. The summed E-state index contributed by atoms with van der Waals surface area (Å²) < 4.78 is 61.0. The van der Waals surface area contributed by atoms with Crippen LogP contribution in [-0.4, -0.2) is 95.9 Å². The molecule has 4 N–H and O–H groups in total. The molecule has 18 heteroatoms. The van der Waals surface area contributed by atoms with Crippen molar-refractivity contribution in [3.8, 4) is 0 Å². The normalized spacial score (nSPS) is 14.8. The van der Waals surface area contributed by atoms with Crippen LogP contribution in [0.15, 0.2) is 122 Å². The van der Waals surface area contributed by atoms with Crippen LogP contribution in [0.25, 0.3) is 0 Å². The maximum Gasteiger partial charge on any atom is 0.472 e. The molecule has 0 rings (SSSR count). The van der Waals surface area contributed by atoms with Crippen LogP contribution in [0.4, 0.5) is 0 Å². The molecule has 0 amide bonds. The third kappa shape index (κ3) is 73.0. The predicted molar refractivity (Wildman–Crippen MR) is 399 cm³/mol. The molecular weight excluding hydrogens is 1270 g/mol. The van der Waals surface area contributed by atoms with Gasteiger partial charge < -0.3 is 34.2 Å². The highest BCUT2D eigenvalue weighted by molar-refractivity contribution is 7.47. The van der Waals surface area contributed by atoms with Crippen molar-refractivity contribution in [2.45, 2.75) is 322 Å². The van der Waals surface area contributed by atoms with Crippen molar-refractivity contribution in [2.24, 2.45) is 0 Å². The average molecular weight is 1400 g/mol. The first-order valence-corrected chi connectivity index (χ1v) is 40.8. The second kappa shape index (κ2) is 71.8. The standard InChI is InChI=1S/C79H136O16P2/c1-4-7-10-13-16-19-22-24-26-28-30-32-34-35-36-37-39-41-42-44-46-48-51-53-56-59-62-65-77(82)89-68-74(80)69-91-96(85,86)92-70-75(81)71-93-97(87,88)94-73-76(95-79(84)67-64-61-58-55-50-21-18-15-12-9-6-3)72-90-78(83)66-63-60-57-54-52-49-47-45-43-40-38-33-31-29-27-25-23-20-17-14-11-8-5-2/h7,10,15-20,24-27,30-33,35-36,40,43,74-76,80-81H,4-6,8-9,11-14,21-23,28-29,34,37-39,41-42,44-73H2,1-3H3,(H,85,86)(H,87,88)/b10-7-,18-15-,19-16-,20-17-,26-24-,27-25-,32-30-,33-31-,36-35-,43-40-. The van der Waals surface area contributed by atoms with Crippen molar-refractivity contribution in [1.29, 1.82) is 0 Å². The number of carbonyl (C=O) groups excluding carboxylic acids is 3. The third-order valence-corrected chi connectivity index (χ3v) is 17.5. The summed E-state index contributed by atoms with van der Waals surface area (Å²) in [5.41, 5.74) is 0. The highest BCUT2D eigenvalue weighted by atomic mass is 31.2. The number of aliphatic hydroxyl groups is 2. The lowest BCUT2D eigenvalue weighted by Crippen LogP contribution is -2.30. The van der Waals surface area contributed by atoms with E-state index in [1.54, 1.807) is 0 Å². The maximum absolute atomic E-state index is 12.9. The highest BCUT2D eigenvalue weighted by Crippen LogP contribution is 2.45. The van der Waals surface area contributed by atoms with Crippen molar-refractivity contribution < 1.29 is 75.8 Å². The molecular formula is C79H136O16P2. The molecule has 558 valence electrons. The van der Waals surface area contributed by atoms with Gasteiger partial charge in [0.15, 0.2) is 6.10 Å². The minimum atomic E-state index is -4.93. The summed E-state index contributed by atoms with van der Waals surface area (Å²) in [4.78, 5) is 58.5. The number of rotatable bonds is 71.